The van der Waals surface area contributed by atoms with Gasteiger partial charge in [0.15, 0.2) is 11.5 Å². The Morgan fingerprint density at radius 3 is 2.64 bits per heavy atom. The summed E-state index contributed by atoms with van der Waals surface area (Å²) in [4.78, 5) is 16.9. The van der Waals surface area contributed by atoms with Crippen LogP contribution in [0.25, 0.3) is 0 Å². The van der Waals surface area contributed by atoms with E-state index in [9.17, 15) is 4.79 Å². The quantitative estimate of drug-likeness (QED) is 0.691. The zero-order valence-corrected chi connectivity index (χ0v) is 15.6. The molecule has 1 aliphatic rings. The summed E-state index contributed by atoms with van der Waals surface area (Å²) < 4.78 is 11.0. The lowest BCUT2D eigenvalue weighted by molar-refractivity contribution is 0.102. The van der Waals surface area contributed by atoms with E-state index in [0.717, 1.165) is 12.1 Å². The number of aryl methyl sites for hydroxylation is 1. The van der Waals surface area contributed by atoms with Crippen LogP contribution >= 0.6 is 0 Å². The summed E-state index contributed by atoms with van der Waals surface area (Å²) in [5, 5.41) is 6.16. The number of aromatic nitrogens is 1. The maximum Gasteiger partial charge on any atom is 0.257 e. The number of anilines is 3. The lowest BCUT2D eigenvalue weighted by atomic mass is 10.1. The number of hydrogen-bond donors (Lipinski definition) is 2. The summed E-state index contributed by atoms with van der Waals surface area (Å²) in [6.07, 6.45) is 2.49. The molecule has 0 unspecified atom stereocenters. The van der Waals surface area contributed by atoms with E-state index < -0.39 is 0 Å². The monoisotopic (exact) mass is 375 g/mol. The Bertz CT molecular complexity index is 987. The third kappa shape index (κ3) is 3.91. The first-order chi connectivity index (χ1) is 13.7. The Balaban J connectivity index is 1.44. The van der Waals surface area contributed by atoms with Gasteiger partial charge in [0.2, 0.25) is 0 Å². The van der Waals surface area contributed by atoms with Gasteiger partial charge in [0.25, 0.3) is 5.91 Å². The summed E-state index contributed by atoms with van der Waals surface area (Å²) in [7, 11) is 0. The minimum absolute atomic E-state index is 0.232. The molecule has 142 valence electrons. The molecule has 0 fully saturated rings. The Kier molecular flexibility index (Phi) is 5.10. The van der Waals surface area contributed by atoms with E-state index in [1.165, 1.54) is 5.56 Å². The molecule has 6 heteroatoms. The van der Waals surface area contributed by atoms with Crippen molar-refractivity contribution in [2.24, 2.45) is 0 Å². The van der Waals surface area contributed by atoms with Gasteiger partial charge < -0.3 is 20.1 Å². The first-order valence-electron chi connectivity index (χ1n) is 9.25. The molecule has 1 aromatic heterocycles. The van der Waals surface area contributed by atoms with Gasteiger partial charge in [-0.1, -0.05) is 25.1 Å². The van der Waals surface area contributed by atoms with E-state index in [-0.39, 0.29) is 5.91 Å². The summed E-state index contributed by atoms with van der Waals surface area (Å²) in [6.45, 7) is 3.15. The van der Waals surface area contributed by atoms with Crippen LogP contribution in [0.1, 0.15) is 22.8 Å². The van der Waals surface area contributed by atoms with Crippen LogP contribution in [0.4, 0.5) is 17.2 Å². The Morgan fingerprint density at radius 2 is 1.86 bits per heavy atom. The fourth-order valence-corrected chi connectivity index (χ4v) is 3.02. The summed E-state index contributed by atoms with van der Waals surface area (Å²) in [5.41, 5.74) is 3.35. The van der Waals surface area contributed by atoms with Gasteiger partial charge >= 0.3 is 0 Å². The molecule has 6 nitrogen and oxygen atoms in total. The first kappa shape index (κ1) is 17.9. The molecule has 0 spiro atoms. The molecule has 0 atom stereocenters. The van der Waals surface area contributed by atoms with Crippen LogP contribution in [0, 0.1) is 0 Å². The third-order valence-corrected chi connectivity index (χ3v) is 4.49. The van der Waals surface area contributed by atoms with Crippen molar-refractivity contribution in [1.82, 2.24) is 4.98 Å². The molecular formula is C22H21N3O3. The number of pyridine rings is 1. The average molecular weight is 375 g/mol. The Hall–Kier alpha value is -3.54. The van der Waals surface area contributed by atoms with Gasteiger partial charge in [-0.3, -0.25) is 4.79 Å². The number of carbonyl (C=O) groups excluding carboxylic acids is 1. The normalized spacial score (nSPS) is 12.3. The van der Waals surface area contributed by atoms with Crippen molar-refractivity contribution < 1.29 is 14.3 Å². The number of hydrogen-bond acceptors (Lipinski definition) is 5. The smallest absolute Gasteiger partial charge is 0.257 e. The van der Waals surface area contributed by atoms with Gasteiger partial charge in [-0.05, 0) is 42.3 Å². The highest BCUT2D eigenvalue weighted by Gasteiger charge is 2.13. The van der Waals surface area contributed by atoms with Crippen LogP contribution in [0.2, 0.25) is 0 Å². The molecule has 2 heterocycles. The van der Waals surface area contributed by atoms with E-state index >= 15 is 0 Å². The molecule has 2 N–H and O–H groups in total. The second kappa shape index (κ2) is 8.00. The predicted molar refractivity (Wildman–Crippen MR) is 109 cm³/mol. The zero-order chi connectivity index (χ0) is 19.3. The molecule has 0 aliphatic carbocycles. The maximum absolute atomic E-state index is 12.5. The van der Waals surface area contributed by atoms with Gasteiger partial charge in [0.1, 0.15) is 19.0 Å². The second-order valence-electron chi connectivity index (χ2n) is 6.38. The topological polar surface area (TPSA) is 72.5 Å². The minimum Gasteiger partial charge on any atom is -0.486 e. The van der Waals surface area contributed by atoms with Crippen molar-refractivity contribution in [2.45, 2.75) is 13.3 Å². The molecule has 0 saturated heterocycles. The standard InChI is InChI=1S/C22H21N3O3/c1-2-15-5-3-4-6-18(15)25-21-10-7-16(14-23-21)22(26)24-17-8-9-19-20(13-17)28-12-11-27-19/h3-10,13-14H,2,11-12H2,1H3,(H,23,25)(H,24,26). The van der Waals surface area contributed by atoms with Crippen molar-refractivity contribution in [1.29, 1.82) is 0 Å². The summed E-state index contributed by atoms with van der Waals surface area (Å²) in [6, 6.07) is 17.0. The van der Waals surface area contributed by atoms with Crippen LogP contribution < -0.4 is 20.1 Å². The van der Waals surface area contributed by atoms with Crippen LogP contribution in [-0.2, 0) is 6.42 Å². The number of nitrogens with one attached hydrogen (secondary N) is 2. The van der Waals surface area contributed by atoms with Gasteiger partial charge in [0, 0.05) is 23.6 Å². The number of rotatable bonds is 5. The molecule has 1 amide bonds. The Morgan fingerprint density at radius 1 is 1.04 bits per heavy atom. The molecule has 0 radical (unpaired) electrons. The molecule has 0 bridgehead atoms. The van der Waals surface area contributed by atoms with Crippen LogP contribution in [0.5, 0.6) is 11.5 Å². The fraction of sp³-hybridized carbons (Fsp3) is 0.182. The highest BCUT2D eigenvalue weighted by molar-refractivity contribution is 6.04. The van der Waals surface area contributed by atoms with E-state index in [1.54, 1.807) is 36.5 Å². The number of carbonyl (C=O) groups is 1. The van der Waals surface area contributed by atoms with Gasteiger partial charge in [0.05, 0.1) is 5.56 Å². The summed E-state index contributed by atoms with van der Waals surface area (Å²) >= 11 is 0. The third-order valence-electron chi connectivity index (χ3n) is 4.49. The SMILES string of the molecule is CCc1ccccc1Nc1ccc(C(=O)Nc2ccc3c(c2)OCCO3)cn1. The lowest BCUT2D eigenvalue weighted by Gasteiger charge is -2.19. The number of amides is 1. The van der Waals surface area contributed by atoms with Crippen molar-refractivity contribution >= 4 is 23.1 Å². The van der Waals surface area contributed by atoms with E-state index in [1.807, 2.05) is 18.2 Å². The highest BCUT2D eigenvalue weighted by Crippen LogP contribution is 2.32. The zero-order valence-electron chi connectivity index (χ0n) is 15.6. The minimum atomic E-state index is -0.232. The number of para-hydroxylation sites is 1. The number of benzene rings is 2. The maximum atomic E-state index is 12.5. The average Bonchev–Trinajstić information content (AvgIpc) is 2.74. The van der Waals surface area contributed by atoms with Crippen LogP contribution in [0.15, 0.2) is 60.8 Å². The molecule has 28 heavy (non-hydrogen) atoms. The molecule has 2 aromatic carbocycles. The molecule has 1 aliphatic heterocycles. The van der Waals surface area contributed by atoms with Crippen molar-refractivity contribution in [3.05, 3.63) is 71.9 Å². The van der Waals surface area contributed by atoms with Crippen molar-refractivity contribution in [3.8, 4) is 11.5 Å². The number of nitrogens with zero attached hydrogens (tertiary/aromatic N) is 1. The largest absolute Gasteiger partial charge is 0.486 e. The Labute approximate surface area is 163 Å². The number of ether oxygens (including phenoxy) is 2. The highest BCUT2D eigenvalue weighted by atomic mass is 16.6. The second-order valence-corrected chi connectivity index (χ2v) is 6.38. The molecular weight excluding hydrogens is 354 g/mol. The molecule has 3 aromatic rings. The van der Waals surface area contributed by atoms with Crippen LogP contribution in [-0.4, -0.2) is 24.1 Å². The molecule has 4 rings (SSSR count). The lowest BCUT2D eigenvalue weighted by Crippen LogP contribution is -2.16. The van der Waals surface area contributed by atoms with Crippen LogP contribution in [0.3, 0.4) is 0 Å². The van der Waals surface area contributed by atoms with E-state index in [0.29, 0.717) is 41.8 Å². The van der Waals surface area contributed by atoms with Crippen molar-refractivity contribution in [2.75, 3.05) is 23.8 Å². The van der Waals surface area contributed by atoms with E-state index in [4.69, 9.17) is 9.47 Å². The number of fused-ring (bicyclic) bond motifs is 1. The summed E-state index contributed by atoms with van der Waals surface area (Å²) in [5.74, 6) is 1.78. The predicted octanol–water partition coefficient (Wildman–Crippen LogP) is 4.41. The molecule has 0 saturated carbocycles. The van der Waals surface area contributed by atoms with E-state index in [2.05, 4.69) is 28.6 Å². The van der Waals surface area contributed by atoms with Gasteiger partial charge in [-0.15, -0.1) is 0 Å². The van der Waals surface area contributed by atoms with Gasteiger partial charge in [-0.25, -0.2) is 4.98 Å². The first-order valence-corrected chi connectivity index (χ1v) is 9.25. The van der Waals surface area contributed by atoms with Crippen molar-refractivity contribution in [3.63, 3.8) is 0 Å². The van der Waals surface area contributed by atoms with Gasteiger partial charge in [-0.2, -0.15) is 0 Å². The fourth-order valence-electron chi connectivity index (χ4n) is 3.02.